The fourth-order valence-electron chi connectivity index (χ4n) is 2.03. The summed E-state index contributed by atoms with van der Waals surface area (Å²) < 4.78 is 23.0. The Bertz CT molecular complexity index is 818. The number of H-pyrrole nitrogens is 1. The number of aromatic nitrogens is 2. The lowest BCUT2D eigenvalue weighted by atomic mass is 10.2. The van der Waals surface area contributed by atoms with E-state index < -0.39 is 21.7 Å². The maximum absolute atomic E-state index is 11.8. The number of primary sulfonamides is 1. The van der Waals surface area contributed by atoms with Crippen molar-refractivity contribution in [1.29, 1.82) is 0 Å². The molecule has 0 unspecified atom stereocenters. The topological polar surface area (TPSA) is 135 Å². The van der Waals surface area contributed by atoms with E-state index >= 15 is 0 Å². The molecule has 0 spiro atoms. The van der Waals surface area contributed by atoms with E-state index in [0.29, 0.717) is 5.52 Å². The number of rotatable bonds is 5. The van der Waals surface area contributed by atoms with Gasteiger partial charge in [0.15, 0.2) is 0 Å². The molecule has 0 atom stereocenters. The number of benzene rings is 1. The van der Waals surface area contributed by atoms with Crippen LogP contribution in [0.25, 0.3) is 11.0 Å². The zero-order valence-electron chi connectivity index (χ0n) is 10.4. The van der Waals surface area contributed by atoms with E-state index in [9.17, 15) is 18.0 Å². The minimum Gasteiger partial charge on any atom is -0.478 e. The van der Waals surface area contributed by atoms with Crippen LogP contribution < -0.4 is 10.8 Å². The molecular weight excluding hydrogens is 286 g/mol. The zero-order valence-corrected chi connectivity index (χ0v) is 11.2. The molecule has 20 heavy (non-hydrogen) atoms. The second-order valence-electron chi connectivity index (χ2n) is 4.31. The molecule has 0 aliphatic rings. The second kappa shape index (κ2) is 5.10. The molecule has 0 fully saturated rings. The summed E-state index contributed by atoms with van der Waals surface area (Å²) in [6, 6.07) is 4.49. The van der Waals surface area contributed by atoms with Crippen LogP contribution in [0, 0.1) is 0 Å². The van der Waals surface area contributed by atoms with Gasteiger partial charge in [-0.15, -0.1) is 0 Å². The van der Waals surface area contributed by atoms with Gasteiger partial charge in [-0.1, -0.05) is 6.07 Å². The number of aromatic amines is 1. The van der Waals surface area contributed by atoms with Crippen molar-refractivity contribution in [2.75, 3.05) is 5.75 Å². The fraction of sp³-hybridized carbons (Fsp3) is 0.273. The molecular formula is C11H13N3O5S. The standard InChI is InChI=1S/C11H13N3O5S/c12-20(18,19)6-2-5-14-9-7(10(15)16)3-1-4-8(9)13-11(14)17/h1,3-4H,2,5-6H2,(H,13,17)(H,15,16)(H2,12,18,19). The van der Waals surface area contributed by atoms with Gasteiger partial charge in [-0.3, -0.25) is 4.57 Å². The third kappa shape index (κ3) is 2.89. The molecule has 2 aromatic rings. The average Bonchev–Trinajstić information content (AvgIpc) is 2.64. The largest absolute Gasteiger partial charge is 0.478 e. The lowest BCUT2D eigenvalue weighted by molar-refractivity contribution is 0.0698. The first kappa shape index (κ1) is 14.3. The van der Waals surface area contributed by atoms with Crippen molar-refractivity contribution in [2.45, 2.75) is 13.0 Å². The summed E-state index contributed by atoms with van der Waals surface area (Å²) in [6.45, 7) is 0.0690. The van der Waals surface area contributed by atoms with Crippen molar-refractivity contribution in [3.05, 3.63) is 34.2 Å². The number of sulfonamides is 1. The number of nitrogens with one attached hydrogen (secondary N) is 1. The van der Waals surface area contributed by atoms with Gasteiger partial charge in [0.25, 0.3) is 0 Å². The van der Waals surface area contributed by atoms with E-state index in [1.807, 2.05) is 0 Å². The third-order valence-corrected chi connectivity index (χ3v) is 3.69. The summed E-state index contributed by atoms with van der Waals surface area (Å²) in [5.41, 5.74) is 0.143. The highest BCUT2D eigenvalue weighted by molar-refractivity contribution is 7.89. The van der Waals surface area contributed by atoms with E-state index in [2.05, 4.69) is 4.98 Å². The van der Waals surface area contributed by atoms with E-state index in [0.717, 1.165) is 0 Å². The SMILES string of the molecule is NS(=O)(=O)CCCn1c(=O)[nH]c2cccc(C(=O)O)c21. The van der Waals surface area contributed by atoms with Crippen molar-refractivity contribution < 1.29 is 18.3 Å². The van der Waals surface area contributed by atoms with Crippen LogP contribution in [0.3, 0.4) is 0 Å². The first-order valence-electron chi connectivity index (χ1n) is 5.75. The summed E-state index contributed by atoms with van der Waals surface area (Å²) in [5.74, 6) is -1.43. The molecule has 2 rings (SSSR count). The van der Waals surface area contributed by atoms with Gasteiger partial charge in [0.1, 0.15) is 0 Å². The number of hydrogen-bond donors (Lipinski definition) is 3. The van der Waals surface area contributed by atoms with E-state index in [1.54, 1.807) is 6.07 Å². The number of imidazole rings is 1. The van der Waals surface area contributed by atoms with Gasteiger partial charge in [0.2, 0.25) is 10.0 Å². The number of carboxylic acids is 1. The number of carbonyl (C=O) groups is 1. The van der Waals surface area contributed by atoms with Crippen LogP contribution in [-0.4, -0.2) is 34.8 Å². The van der Waals surface area contributed by atoms with Crippen molar-refractivity contribution in [1.82, 2.24) is 9.55 Å². The third-order valence-electron chi connectivity index (χ3n) is 2.83. The minimum absolute atomic E-state index is 0.0172. The number of nitrogens with zero attached hydrogens (tertiary/aromatic N) is 1. The molecule has 4 N–H and O–H groups in total. The number of hydrogen-bond acceptors (Lipinski definition) is 4. The van der Waals surface area contributed by atoms with Gasteiger partial charge >= 0.3 is 11.7 Å². The Hall–Kier alpha value is -2.13. The van der Waals surface area contributed by atoms with Crippen molar-refractivity contribution in [3.63, 3.8) is 0 Å². The smallest absolute Gasteiger partial charge is 0.337 e. The maximum atomic E-state index is 11.8. The molecule has 8 nitrogen and oxygen atoms in total. The Kier molecular flexibility index (Phi) is 3.64. The average molecular weight is 299 g/mol. The zero-order chi connectivity index (χ0) is 14.9. The summed E-state index contributed by atoms with van der Waals surface area (Å²) in [5, 5.41) is 14.0. The van der Waals surface area contributed by atoms with Crippen molar-refractivity contribution >= 4 is 27.0 Å². The van der Waals surface area contributed by atoms with Crippen LogP contribution in [-0.2, 0) is 16.6 Å². The van der Waals surface area contributed by atoms with E-state index in [4.69, 9.17) is 10.2 Å². The van der Waals surface area contributed by atoms with Gasteiger partial charge in [-0.05, 0) is 18.6 Å². The van der Waals surface area contributed by atoms with E-state index in [1.165, 1.54) is 16.7 Å². The molecule has 1 heterocycles. The van der Waals surface area contributed by atoms with E-state index in [-0.39, 0.29) is 29.8 Å². The predicted molar refractivity (Wildman–Crippen MR) is 72.1 cm³/mol. The Balaban J connectivity index is 2.45. The highest BCUT2D eigenvalue weighted by Gasteiger charge is 2.15. The lowest BCUT2D eigenvalue weighted by Crippen LogP contribution is -2.22. The fourth-order valence-corrected chi connectivity index (χ4v) is 2.56. The second-order valence-corrected chi connectivity index (χ2v) is 6.04. The Morgan fingerprint density at radius 3 is 2.70 bits per heavy atom. The van der Waals surface area contributed by atoms with Gasteiger partial charge in [0.05, 0.1) is 22.3 Å². The molecule has 108 valence electrons. The first-order chi connectivity index (χ1) is 9.29. The summed E-state index contributed by atoms with van der Waals surface area (Å²) >= 11 is 0. The molecule has 0 saturated heterocycles. The number of aromatic carboxylic acids is 1. The van der Waals surface area contributed by atoms with Gasteiger partial charge in [-0.2, -0.15) is 0 Å². The molecule has 0 aliphatic carbocycles. The Labute approximate surface area is 113 Å². The summed E-state index contributed by atoms with van der Waals surface area (Å²) in [4.78, 5) is 25.5. The minimum atomic E-state index is -3.61. The maximum Gasteiger partial charge on any atom is 0.337 e. The Morgan fingerprint density at radius 1 is 1.40 bits per heavy atom. The first-order valence-corrected chi connectivity index (χ1v) is 7.46. The van der Waals surface area contributed by atoms with Crippen LogP contribution in [0.1, 0.15) is 16.8 Å². The molecule has 1 aromatic carbocycles. The summed E-state index contributed by atoms with van der Waals surface area (Å²) in [7, 11) is -3.61. The molecule has 0 radical (unpaired) electrons. The van der Waals surface area contributed by atoms with Crippen molar-refractivity contribution in [2.24, 2.45) is 5.14 Å². The molecule has 0 bridgehead atoms. The lowest BCUT2D eigenvalue weighted by Gasteiger charge is -2.05. The van der Waals surface area contributed by atoms with Gasteiger partial charge < -0.3 is 10.1 Å². The molecule has 0 saturated carbocycles. The number of fused-ring (bicyclic) bond motifs is 1. The molecule has 1 aromatic heterocycles. The normalized spacial score (nSPS) is 11.8. The van der Waals surface area contributed by atoms with Crippen LogP contribution in [0.15, 0.2) is 23.0 Å². The molecule has 9 heteroatoms. The molecule has 0 aliphatic heterocycles. The van der Waals surface area contributed by atoms with Gasteiger partial charge in [-0.25, -0.2) is 23.1 Å². The van der Waals surface area contributed by atoms with Crippen LogP contribution in [0.2, 0.25) is 0 Å². The number of carboxylic acid groups (broad SMARTS) is 1. The summed E-state index contributed by atoms with van der Waals surface area (Å²) in [6.07, 6.45) is 0.125. The number of para-hydroxylation sites is 1. The van der Waals surface area contributed by atoms with Crippen LogP contribution in [0.5, 0.6) is 0 Å². The predicted octanol–water partition coefficient (Wildman–Crippen LogP) is -0.294. The highest BCUT2D eigenvalue weighted by Crippen LogP contribution is 2.16. The monoisotopic (exact) mass is 299 g/mol. The number of aryl methyl sites for hydroxylation is 1. The molecule has 0 amide bonds. The van der Waals surface area contributed by atoms with Crippen molar-refractivity contribution in [3.8, 4) is 0 Å². The highest BCUT2D eigenvalue weighted by atomic mass is 32.2. The Morgan fingerprint density at radius 2 is 2.10 bits per heavy atom. The van der Waals surface area contributed by atoms with Crippen LogP contribution >= 0.6 is 0 Å². The van der Waals surface area contributed by atoms with Gasteiger partial charge in [0, 0.05) is 6.54 Å². The number of nitrogens with two attached hydrogens (primary N) is 1. The van der Waals surface area contributed by atoms with Crippen LogP contribution in [0.4, 0.5) is 0 Å². The quantitative estimate of drug-likeness (QED) is 0.697.